The maximum absolute atomic E-state index is 13.7. The first-order chi connectivity index (χ1) is 15.1. The molecule has 1 atom stereocenters. The van der Waals surface area contributed by atoms with E-state index in [1.165, 1.54) is 0 Å². The summed E-state index contributed by atoms with van der Waals surface area (Å²) in [6.45, 7) is 2.44. The van der Waals surface area contributed by atoms with Crippen molar-refractivity contribution in [2.45, 2.75) is 51.1 Å². The van der Waals surface area contributed by atoms with E-state index in [1.807, 2.05) is 42.2 Å². The topological polar surface area (TPSA) is 88.1 Å². The molecule has 3 heterocycles. The number of aromatic nitrogens is 3. The van der Waals surface area contributed by atoms with Crippen molar-refractivity contribution in [1.82, 2.24) is 25.2 Å². The first kappa shape index (κ1) is 19.6. The molecule has 1 saturated carbocycles. The molecule has 7 nitrogen and oxygen atoms in total. The zero-order valence-electron chi connectivity index (χ0n) is 17.5. The average molecular weight is 415 g/mol. The second kappa shape index (κ2) is 8.06. The first-order valence-electron chi connectivity index (χ1n) is 10.9. The number of carbonyl (C=O) groups excluding carboxylic acids is 2. The standard InChI is InChI=1S/C24H25N5O2/c1-15-26-14-19(23(30)28-17-10-11-17)22(27-15)20-9-2-3-13-29(20)24(31)18-8-4-6-16-7-5-12-25-21(16)18/h4-8,12,14,17,20H,2-3,9-11,13H2,1H3,(H,28,30)/t20-/m0/s1. The van der Waals surface area contributed by atoms with Gasteiger partial charge >= 0.3 is 0 Å². The molecule has 5 rings (SSSR count). The monoisotopic (exact) mass is 415 g/mol. The minimum atomic E-state index is -0.262. The molecule has 7 heteroatoms. The lowest BCUT2D eigenvalue weighted by Gasteiger charge is -2.36. The molecule has 158 valence electrons. The van der Waals surface area contributed by atoms with Crippen LogP contribution in [0.1, 0.15) is 70.4 Å². The van der Waals surface area contributed by atoms with Crippen molar-refractivity contribution in [2.24, 2.45) is 0 Å². The fourth-order valence-electron chi connectivity index (χ4n) is 4.30. The molecule has 0 radical (unpaired) electrons. The number of nitrogens with one attached hydrogen (secondary N) is 1. The number of aryl methyl sites for hydroxylation is 1. The third kappa shape index (κ3) is 3.87. The first-order valence-corrected chi connectivity index (χ1v) is 10.9. The summed E-state index contributed by atoms with van der Waals surface area (Å²) in [4.78, 5) is 41.8. The average Bonchev–Trinajstić information content (AvgIpc) is 3.62. The quantitative estimate of drug-likeness (QED) is 0.703. The predicted octanol–water partition coefficient (Wildman–Crippen LogP) is 3.59. The van der Waals surface area contributed by atoms with Crippen LogP contribution in [0.2, 0.25) is 0 Å². The second-order valence-corrected chi connectivity index (χ2v) is 8.35. The summed E-state index contributed by atoms with van der Waals surface area (Å²) in [5, 5.41) is 3.97. The van der Waals surface area contributed by atoms with Gasteiger partial charge in [0, 0.05) is 30.4 Å². The molecule has 1 aromatic carbocycles. The highest BCUT2D eigenvalue weighted by molar-refractivity contribution is 6.05. The molecule has 1 N–H and O–H groups in total. The summed E-state index contributed by atoms with van der Waals surface area (Å²) in [5.74, 6) is 0.379. The number of likely N-dealkylation sites (tertiary alicyclic amines) is 1. The van der Waals surface area contributed by atoms with Crippen LogP contribution in [0.25, 0.3) is 10.9 Å². The van der Waals surface area contributed by atoms with E-state index in [2.05, 4.69) is 20.3 Å². The van der Waals surface area contributed by atoms with Gasteiger partial charge in [0.1, 0.15) is 5.82 Å². The van der Waals surface area contributed by atoms with Gasteiger partial charge < -0.3 is 10.2 Å². The fraction of sp³-hybridized carbons (Fsp3) is 0.375. The van der Waals surface area contributed by atoms with Gasteiger partial charge in [0.25, 0.3) is 11.8 Å². The molecule has 2 aromatic heterocycles. The van der Waals surface area contributed by atoms with Crippen LogP contribution in [0.4, 0.5) is 0 Å². The minimum absolute atomic E-state index is 0.0705. The predicted molar refractivity (Wildman–Crippen MR) is 117 cm³/mol. The second-order valence-electron chi connectivity index (χ2n) is 8.35. The number of piperidine rings is 1. The van der Waals surface area contributed by atoms with Crippen LogP contribution in [0, 0.1) is 6.92 Å². The molecule has 0 bridgehead atoms. The maximum Gasteiger partial charge on any atom is 0.256 e. The number of rotatable bonds is 4. The van der Waals surface area contributed by atoms with Crippen LogP contribution >= 0.6 is 0 Å². The van der Waals surface area contributed by atoms with Crippen molar-refractivity contribution < 1.29 is 9.59 Å². The molecule has 3 aromatic rings. The third-order valence-corrected chi connectivity index (χ3v) is 6.04. The Bertz CT molecular complexity index is 1150. The van der Waals surface area contributed by atoms with Crippen molar-refractivity contribution in [3.05, 3.63) is 65.4 Å². The van der Waals surface area contributed by atoms with E-state index in [4.69, 9.17) is 0 Å². The van der Waals surface area contributed by atoms with Gasteiger partial charge in [-0.05, 0) is 51.2 Å². The van der Waals surface area contributed by atoms with E-state index in [-0.39, 0.29) is 23.9 Å². The lowest BCUT2D eigenvalue weighted by atomic mass is 9.94. The Kier molecular flexibility index (Phi) is 5.10. The smallest absolute Gasteiger partial charge is 0.256 e. The van der Waals surface area contributed by atoms with Gasteiger partial charge in [0.05, 0.1) is 28.4 Å². The summed E-state index contributed by atoms with van der Waals surface area (Å²) >= 11 is 0. The van der Waals surface area contributed by atoms with Gasteiger partial charge in [-0.3, -0.25) is 14.6 Å². The van der Waals surface area contributed by atoms with E-state index in [0.717, 1.165) is 37.5 Å². The fourth-order valence-corrected chi connectivity index (χ4v) is 4.30. The summed E-state index contributed by atoms with van der Waals surface area (Å²) < 4.78 is 0. The van der Waals surface area contributed by atoms with Gasteiger partial charge in [0.2, 0.25) is 0 Å². The number of nitrogens with zero attached hydrogens (tertiary/aromatic N) is 4. The molecule has 2 amide bonds. The number of hydrogen-bond acceptors (Lipinski definition) is 5. The Morgan fingerprint density at radius 1 is 1.03 bits per heavy atom. The van der Waals surface area contributed by atoms with E-state index < -0.39 is 0 Å². The molecular formula is C24H25N5O2. The zero-order chi connectivity index (χ0) is 21.4. The Hall–Kier alpha value is -3.35. The van der Waals surface area contributed by atoms with Gasteiger partial charge in [-0.25, -0.2) is 9.97 Å². The Morgan fingerprint density at radius 2 is 1.87 bits per heavy atom. The number of para-hydroxylation sites is 1. The lowest BCUT2D eigenvalue weighted by Crippen LogP contribution is -2.40. The summed E-state index contributed by atoms with van der Waals surface area (Å²) in [5.41, 5.74) is 2.40. The van der Waals surface area contributed by atoms with Crippen molar-refractivity contribution >= 4 is 22.7 Å². The zero-order valence-corrected chi connectivity index (χ0v) is 17.5. The number of pyridine rings is 1. The number of fused-ring (bicyclic) bond motifs is 1. The summed E-state index contributed by atoms with van der Waals surface area (Å²) in [7, 11) is 0. The molecule has 2 fully saturated rings. The van der Waals surface area contributed by atoms with Gasteiger partial charge in [-0.1, -0.05) is 18.2 Å². The number of carbonyl (C=O) groups is 2. The van der Waals surface area contributed by atoms with Crippen LogP contribution in [0.3, 0.4) is 0 Å². The largest absolute Gasteiger partial charge is 0.349 e. The van der Waals surface area contributed by atoms with Crippen molar-refractivity contribution in [3.63, 3.8) is 0 Å². The van der Waals surface area contributed by atoms with Gasteiger partial charge in [-0.15, -0.1) is 0 Å². The summed E-state index contributed by atoms with van der Waals surface area (Å²) in [6, 6.07) is 9.49. The highest BCUT2D eigenvalue weighted by Crippen LogP contribution is 2.34. The lowest BCUT2D eigenvalue weighted by molar-refractivity contribution is 0.0603. The van der Waals surface area contributed by atoms with Crippen molar-refractivity contribution in [3.8, 4) is 0 Å². The van der Waals surface area contributed by atoms with E-state index in [0.29, 0.717) is 34.7 Å². The number of hydrogen-bond donors (Lipinski definition) is 1. The maximum atomic E-state index is 13.7. The van der Waals surface area contributed by atoms with Crippen molar-refractivity contribution in [2.75, 3.05) is 6.54 Å². The van der Waals surface area contributed by atoms with Crippen LogP contribution < -0.4 is 5.32 Å². The van der Waals surface area contributed by atoms with Crippen LogP contribution in [-0.4, -0.2) is 44.3 Å². The minimum Gasteiger partial charge on any atom is -0.349 e. The Morgan fingerprint density at radius 3 is 2.71 bits per heavy atom. The molecule has 1 saturated heterocycles. The van der Waals surface area contributed by atoms with E-state index in [9.17, 15) is 9.59 Å². The number of amides is 2. The normalized spacial score (nSPS) is 18.7. The highest BCUT2D eigenvalue weighted by Gasteiger charge is 2.34. The Balaban J connectivity index is 1.53. The van der Waals surface area contributed by atoms with Gasteiger partial charge in [0.15, 0.2) is 0 Å². The van der Waals surface area contributed by atoms with Gasteiger partial charge in [-0.2, -0.15) is 0 Å². The SMILES string of the molecule is Cc1ncc(C(=O)NC2CC2)c([C@@H]2CCCCN2C(=O)c2cccc3cccnc23)n1. The molecule has 1 aliphatic carbocycles. The molecular weight excluding hydrogens is 390 g/mol. The van der Waals surface area contributed by atoms with Crippen LogP contribution in [-0.2, 0) is 0 Å². The molecule has 2 aliphatic rings. The van der Waals surface area contributed by atoms with E-state index >= 15 is 0 Å². The molecule has 1 aliphatic heterocycles. The number of benzene rings is 1. The molecule has 0 unspecified atom stereocenters. The highest BCUT2D eigenvalue weighted by atomic mass is 16.2. The molecule has 0 spiro atoms. The summed E-state index contributed by atoms with van der Waals surface area (Å²) in [6.07, 6.45) is 8.01. The third-order valence-electron chi connectivity index (χ3n) is 6.04. The Labute approximate surface area is 180 Å². The van der Waals surface area contributed by atoms with Crippen LogP contribution in [0.5, 0.6) is 0 Å². The van der Waals surface area contributed by atoms with Crippen LogP contribution in [0.15, 0.2) is 42.7 Å². The van der Waals surface area contributed by atoms with E-state index in [1.54, 1.807) is 12.4 Å². The molecule has 31 heavy (non-hydrogen) atoms. The van der Waals surface area contributed by atoms with Crippen molar-refractivity contribution in [1.29, 1.82) is 0 Å².